The smallest absolute Gasteiger partial charge is 0.243 e. The van der Waals surface area contributed by atoms with Gasteiger partial charge in [-0.2, -0.15) is 0 Å². The highest BCUT2D eigenvalue weighted by Gasteiger charge is 2.35. The predicted molar refractivity (Wildman–Crippen MR) is 76.9 cm³/mol. The van der Waals surface area contributed by atoms with Crippen LogP contribution in [-0.4, -0.2) is 55.3 Å². The van der Waals surface area contributed by atoms with E-state index >= 15 is 0 Å². The molecule has 0 spiro atoms. The maximum absolute atomic E-state index is 11.9. The number of piperazine rings is 1. The van der Waals surface area contributed by atoms with Crippen molar-refractivity contribution in [3.63, 3.8) is 0 Å². The minimum Gasteiger partial charge on any atom is -0.345 e. The normalized spacial score (nSPS) is 20.7. The second-order valence-electron chi connectivity index (χ2n) is 5.87. The van der Waals surface area contributed by atoms with Crippen LogP contribution in [0, 0.1) is 5.92 Å². The van der Waals surface area contributed by atoms with E-state index in [2.05, 4.69) is 5.32 Å². The van der Waals surface area contributed by atoms with Crippen molar-refractivity contribution in [1.29, 1.82) is 0 Å². The van der Waals surface area contributed by atoms with E-state index in [0.717, 1.165) is 0 Å². The zero-order valence-electron chi connectivity index (χ0n) is 12.5. The fraction of sp³-hybridized carbons (Fsp3) is 0.846. The predicted octanol–water partition coefficient (Wildman–Crippen LogP) is 0.183. The van der Waals surface area contributed by atoms with Crippen LogP contribution in [0.1, 0.15) is 34.1 Å². The van der Waals surface area contributed by atoms with Crippen molar-refractivity contribution in [2.24, 2.45) is 5.92 Å². The molecule has 2 amide bonds. The molecule has 20 heavy (non-hydrogen) atoms. The minimum absolute atomic E-state index is 0.0465. The van der Waals surface area contributed by atoms with Gasteiger partial charge < -0.3 is 10.2 Å². The maximum Gasteiger partial charge on any atom is 0.243 e. The Morgan fingerprint density at radius 3 is 2.35 bits per heavy atom. The standard InChI is InChI=1S/C13H24N2O4S/c1-9(2)7-11-13(17)14-8-12(16)15(11)5-6-20(18,19)10(3)4/h9-11H,5-8H2,1-4H3,(H,14,17). The van der Waals surface area contributed by atoms with Crippen LogP contribution in [0.4, 0.5) is 0 Å². The van der Waals surface area contributed by atoms with Crippen LogP contribution in [0.3, 0.4) is 0 Å². The van der Waals surface area contributed by atoms with Crippen LogP contribution >= 0.6 is 0 Å². The lowest BCUT2D eigenvalue weighted by Gasteiger charge is -2.35. The molecule has 1 saturated heterocycles. The summed E-state index contributed by atoms with van der Waals surface area (Å²) in [5.41, 5.74) is 0. The molecule has 1 heterocycles. The van der Waals surface area contributed by atoms with Crippen molar-refractivity contribution in [3.8, 4) is 0 Å². The van der Waals surface area contributed by atoms with Crippen LogP contribution in [0.25, 0.3) is 0 Å². The number of hydrogen-bond donors (Lipinski definition) is 1. The lowest BCUT2D eigenvalue weighted by molar-refractivity contribution is -0.145. The van der Waals surface area contributed by atoms with E-state index in [1.54, 1.807) is 13.8 Å². The summed E-state index contributed by atoms with van der Waals surface area (Å²) in [5.74, 6) is -0.256. The fourth-order valence-electron chi connectivity index (χ4n) is 2.12. The number of sulfone groups is 1. The molecule has 0 aromatic rings. The lowest BCUT2D eigenvalue weighted by atomic mass is 10.00. The third kappa shape index (κ3) is 4.19. The van der Waals surface area contributed by atoms with E-state index in [1.807, 2.05) is 13.8 Å². The van der Waals surface area contributed by atoms with Crippen molar-refractivity contribution in [1.82, 2.24) is 10.2 Å². The SMILES string of the molecule is CC(C)CC1C(=O)NCC(=O)N1CCS(=O)(=O)C(C)C. The van der Waals surface area contributed by atoms with Crippen molar-refractivity contribution in [2.45, 2.75) is 45.4 Å². The molecule has 1 atom stereocenters. The Bertz CT molecular complexity index is 471. The first-order valence-corrected chi connectivity index (χ1v) is 8.65. The lowest BCUT2D eigenvalue weighted by Crippen LogP contribution is -2.59. The first kappa shape index (κ1) is 16.9. The summed E-state index contributed by atoms with van der Waals surface area (Å²) < 4.78 is 23.7. The third-order valence-electron chi connectivity index (χ3n) is 3.44. The van der Waals surface area contributed by atoms with E-state index in [-0.39, 0.29) is 36.6 Å². The van der Waals surface area contributed by atoms with Crippen LogP contribution in [-0.2, 0) is 19.4 Å². The first-order valence-electron chi connectivity index (χ1n) is 6.94. The maximum atomic E-state index is 11.9. The van der Waals surface area contributed by atoms with Crippen molar-refractivity contribution in [2.75, 3.05) is 18.8 Å². The highest BCUT2D eigenvalue weighted by Crippen LogP contribution is 2.16. The third-order valence-corrected chi connectivity index (χ3v) is 5.63. The molecular formula is C13H24N2O4S. The van der Waals surface area contributed by atoms with Gasteiger partial charge in [0.25, 0.3) is 0 Å². The molecule has 6 nitrogen and oxygen atoms in total. The molecule has 1 fully saturated rings. The molecule has 116 valence electrons. The van der Waals surface area contributed by atoms with Crippen LogP contribution in [0.15, 0.2) is 0 Å². The van der Waals surface area contributed by atoms with Crippen molar-refractivity contribution >= 4 is 21.7 Å². The molecule has 0 aromatic heterocycles. The molecule has 0 bridgehead atoms. The number of hydrogen-bond acceptors (Lipinski definition) is 4. The van der Waals surface area contributed by atoms with Gasteiger partial charge in [-0.25, -0.2) is 8.42 Å². The Labute approximate surface area is 120 Å². The Morgan fingerprint density at radius 1 is 1.25 bits per heavy atom. The molecule has 0 aromatic carbocycles. The fourth-order valence-corrected chi connectivity index (χ4v) is 3.04. The van der Waals surface area contributed by atoms with Gasteiger partial charge >= 0.3 is 0 Å². The zero-order valence-corrected chi connectivity index (χ0v) is 13.4. The second-order valence-corrected chi connectivity index (χ2v) is 8.54. The molecular weight excluding hydrogens is 280 g/mol. The molecule has 7 heteroatoms. The number of nitrogens with one attached hydrogen (secondary N) is 1. The number of rotatable bonds is 6. The van der Waals surface area contributed by atoms with Gasteiger partial charge in [-0.1, -0.05) is 13.8 Å². The molecule has 0 saturated carbocycles. The van der Waals surface area contributed by atoms with E-state index in [4.69, 9.17) is 0 Å². The largest absolute Gasteiger partial charge is 0.345 e. The summed E-state index contributed by atoms with van der Waals surface area (Å²) in [6, 6.07) is -0.557. The van der Waals surface area contributed by atoms with Crippen LogP contribution in [0.5, 0.6) is 0 Å². The zero-order chi connectivity index (χ0) is 15.5. The monoisotopic (exact) mass is 304 g/mol. The van der Waals surface area contributed by atoms with E-state index in [0.29, 0.717) is 6.42 Å². The van der Waals surface area contributed by atoms with E-state index in [1.165, 1.54) is 4.90 Å². The van der Waals surface area contributed by atoms with Gasteiger partial charge in [-0.15, -0.1) is 0 Å². The first-order chi connectivity index (χ1) is 9.15. The molecule has 1 rings (SSSR count). The molecule has 1 aliphatic heterocycles. The topological polar surface area (TPSA) is 83.6 Å². The number of carbonyl (C=O) groups excluding carboxylic acids is 2. The second kappa shape index (κ2) is 6.56. The Hall–Kier alpha value is -1.11. The van der Waals surface area contributed by atoms with Gasteiger partial charge in [0.15, 0.2) is 9.84 Å². The van der Waals surface area contributed by atoms with E-state index < -0.39 is 21.1 Å². The summed E-state index contributed by atoms with van der Waals surface area (Å²) in [5, 5.41) is 2.09. The van der Waals surface area contributed by atoms with Crippen molar-refractivity contribution in [3.05, 3.63) is 0 Å². The summed E-state index contributed by atoms with van der Waals surface area (Å²) in [6.07, 6.45) is 0.541. The van der Waals surface area contributed by atoms with Gasteiger partial charge in [0.1, 0.15) is 6.04 Å². The van der Waals surface area contributed by atoms with Gasteiger partial charge in [0.2, 0.25) is 11.8 Å². The van der Waals surface area contributed by atoms with Gasteiger partial charge in [-0.3, -0.25) is 9.59 Å². The Balaban J connectivity index is 2.81. The summed E-state index contributed by atoms with van der Waals surface area (Å²) >= 11 is 0. The highest BCUT2D eigenvalue weighted by atomic mass is 32.2. The minimum atomic E-state index is -3.22. The highest BCUT2D eigenvalue weighted by molar-refractivity contribution is 7.92. The quantitative estimate of drug-likeness (QED) is 0.759. The van der Waals surface area contributed by atoms with E-state index in [9.17, 15) is 18.0 Å². The van der Waals surface area contributed by atoms with Crippen LogP contribution < -0.4 is 5.32 Å². The van der Waals surface area contributed by atoms with Gasteiger partial charge in [0.05, 0.1) is 17.5 Å². The van der Waals surface area contributed by atoms with Gasteiger partial charge in [-0.05, 0) is 26.2 Å². The average molecular weight is 304 g/mol. The Kier molecular flexibility index (Phi) is 5.56. The average Bonchev–Trinajstić information content (AvgIpc) is 2.32. The molecule has 1 aliphatic rings. The van der Waals surface area contributed by atoms with Crippen LogP contribution in [0.2, 0.25) is 0 Å². The summed E-state index contributed by atoms with van der Waals surface area (Å²) in [4.78, 5) is 25.2. The van der Waals surface area contributed by atoms with Crippen molar-refractivity contribution < 1.29 is 18.0 Å². The molecule has 1 unspecified atom stereocenters. The molecule has 0 aliphatic carbocycles. The number of carbonyl (C=O) groups is 2. The molecule has 1 N–H and O–H groups in total. The Morgan fingerprint density at radius 2 is 1.85 bits per heavy atom. The molecule has 0 radical (unpaired) electrons. The summed E-state index contributed by atoms with van der Waals surface area (Å²) in [6.45, 7) is 7.21. The van der Waals surface area contributed by atoms with Gasteiger partial charge in [0, 0.05) is 6.54 Å². The number of amides is 2. The number of nitrogens with zero attached hydrogens (tertiary/aromatic N) is 1. The summed E-state index contributed by atoms with van der Waals surface area (Å²) in [7, 11) is -3.22.